The van der Waals surface area contributed by atoms with Crippen molar-refractivity contribution in [1.82, 2.24) is 15.1 Å². The van der Waals surface area contributed by atoms with Crippen molar-refractivity contribution in [3.8, 4) is 17.2 Å². The lowest BCUT2D eigenvalue weighted by molar-refractivity contribution is 0.156. The number of hydrogen-bond acceptors (Lipinski definition) is 5. The third-order valence-electron chi connectivity index (χ3n) is 4.94. The maximum atomic E-state index is 5.92. The molecule has 2 aromatic rings. The highest BCUT2D eigenvalue weighted by atomic mass is 16.5. The lowest BCUT2D eigenvalue weighted by Crippen LogP contribution is -2.38. The number of benzene rings is 1. The molecule has 2 aliphatic rings. The van der Waals surface area contributed by atoms with Crippen LogP contribution in [0.4, 0.5) is 0 Å². The van der Waals surface area contributed by atoms with Crippen LogP contribution >= 0.6 is 0 Å². The normalized spacial score (nSPS) is 22.7. The standard InChI is InChI=1S/C17H21N3O2/c1-21-15-7-5-12(6-8-15)16-18-19-17(22-16)13-9-10-20(11-13)14-3-2-4-14/h5-8,13-14H,2-4,9-11H2,1H3/t13-/m0/s1. The maximum Gasteiger partial charge on any atom is 0.247 e. The molecule has 1 aliphatic heterocycles. The summed E-state index contributed by atoms with van der Waals surface area (Å²) >= 11 is 0. The Balaban J connectivity index is 1.46. The summed E-state index contributed by atoms with van der Waals surface area (Å²) in [4.78, 5) is 2.59. The number of ether oxygens (including phenoxy) is 1. The van der Waals surface area contributed by atoms with E-state index in [4.69, 9.17) is 9.15 Å². The fraction of sp³-hybridized carbons (Fsp3) is 0.529. The highest BCUT2D eigenvalue weighted by Gasteiger charge is 2.34. The largest absolute Gasteiger partial charge is 0.497 e. The molecular formula is C17H21N3O2. The molecule has 1 aromatic carbocycles. The van der Waals surface area contributed by atoms with Gasteiger partial charge in [0.15, 0.2) is 0 Å². The lowest BCUT2D eigenvalue weighted by atomic mass is 9.92. The van der Waals surface area contributed by atoms with Gasteiger partial charge in [-0.2, -0.15) is 0 Å². The number of hydrogen-bond donors (Lipinski definition) is 0. The van der Waals surface area contributed by atoms with Crippen LogP contribution < -0.4 is 4.74 Å². The molecule has 5 nitrogen and oxygen atoms in total. The zero-order chi connectivity index (χ0) is 14.9. The second-order valence-corrected chi connectivity index (χ2v) is 6.24. The Labute approximate surface area is 130 Å². The van der Waals surface area contributed by atoms with Crippen molar-refractivity contribution in [2.75, 3.05) is 20.2 Å². The molecule has 0 spiro atoms. The lowest BCUT2D eigenvalue weighted by Gasteiger charge is -2.34. The molecular weight excluding hydrogens is 278 g/mol. The average Bonchev–Trinajstić information content (AvgIpc) is 3.14. The molecule has 1 aliphatic carbocycles. The molecule has 0 N–H and O–H groups in total. The topological polar surface area (TPSA) is 51.4 Å². The summed E-state index contributed by atoms with van der Waals surface area (Å²) < 4.78 is 11.1. The van der Waals surface area contributed by atoms with Crippen LogP contribution in [-0.4, -0.2) is 41.3 Å². The van der Waals surface area contributed by atoms with Gasteiger partial charge in [-0.1, -0.05) is 6.42 Å². The van der Waals surface area contributed by atoms with Gasteiger partial charge in [0.05, 0.1) is 13.0 Å². The fourth-order valence-corrected chi connectivity index (χ4v) is 3.32. The van der Waals surface area contributed by atoms with E-state index in [-0.39, 0.29) is 0 Å². The quantitative estimate of drug-likeness (QED) is 0.868. The Morgan fingerprint density at radius 1 is 1.14 bits per heavy atom. The van der Waals surface area contributed by atoms with E-state index in [0.717, 1.165) is 42.8 Å². The SMILES string of the molecule is COc1ccc(-c2nnc([C@H]3CCN(C4CCC4)C3)o2)cc1. The second-order valence-electron chi connectivity index (χ2n) is 6.24. The molecule has 22 heavy (non-hydrogen) atoms. The minimum atomic E-state index is 0.389. The van der Waals surface area contributed by atoms with Gasteiger partial charge < -0.3 is 9.15 Å². The van der Waals surface area contributed by atoms with Crippen LogP contribution in [0.25, 0.3) is 11.5 Å². The van der Waals surface area contributed by atoms with Crippen LogP contribution in [0.15, 0.2) is 28.7 Å². The fourth-order valence-electron chi connectivity index (χ4n) is 3.32. The van der Waals surface area contributed by atoms with Gasteiger partial charge in [0.2, 0.25) is 11.8 Å². The summed E-state index contributed by atoms with van der Waals surface area (Å²) in [6.07, 6.45) is 5.22. The first kappa shape index (κ1) is 13.8. The molecule has 4 rings (SSSR count). The molecule has 1 saturated heterocycles. The summed E-state index contributed by atoms with van der Waals surface area (Å²) in [6.45, 7) is 2.23. The van der Waals surface area contributed by atoms with E-state index in [0.29, 0.717) is 11.8 Å². The van der Waals surface area contributed by atoms with Crippen LogP contribution in [-0.2, 0) is 0 Å². The van der Waals surface area contributed by atoms with Gasteiger partial charge in [-0.15, -0.1) is 10.2 Å². The first-order valence-corrected chi connectivity index (χ1v) is 8.05. The molecule has 2 heterocycles. The van der Waals surface area contributed by atoms with Crippen molar-refractivity contribution in [2.24, 2.45) is 0 Å². The summed E-state index contributed by atoms with van der Waals surface area (Å²) in [5.41, 5.74) is 0.938. The van der Waals surface area contributed by atoms with Gasteiger partial charge >= 0.3 is 0 Å². The zero-order valence-electron chi connectivity index (χ0n) is 12.9. The number of methoxy groups -OCH3 is 1. The van der Waals surface area contributed by atoms with E-state index in [1.165, 1.54) is 19.3 Å². The van der Waals surface area contributed by atoms with Crippen molar-refractivity contribution in [2.45, 2.75) is 37.6 Å². The Morgan fingerprint density at radius 3 is 2.64 bits per heavy atom. The molecule has 0 bridgehead atoms. The van der Waals surface area contributed by atoms with Gasteiger partial charge in [-0.05, 0) is 50.1 Å². The molecule has 0 unspecified atom stereocenters. The third-order valence-corrected chi connectivity index (χ3v) is 4.94. The summed E-state index contributed by atoms with van der Waals surface area (Å²) in [5, 5.41) is 8.49. The Bertz CT molecular complexity index is 634. The van der Waals surface area contributed by atoms with Crippen molar-refractivity contribution in [3.63, 3.8) is 0 Å². The van der Waals surface area contributed by atoms with Crippen molar-refractivity contribution in [3.05, 3.63) is 30.2 Å². The smallest absolute Gasteiger partial charge is 0.247 e. The Hall–Kier alpha value is -1.88. The molecule has 5 heteroatoms. The number of rotatable bonds is 4. The van der Waals surface area contributed by atoms with Crippen molar-refractivity contribution < 1.29 is 9.15 Å². The van der Waals surface area contributed by atoms with E-state index in [2.05, 4.69) is 15.1 Å². The second kappa shape index (κ2) is 5.72. The first-order valence-electron chi connectivity index (χ1n) is 8.05. The van der Waals surface area contributed by atoms with Crippen LogP contribution in [0.2, 0.25) is 0 Å². The summed E-state index contributed by atoms with van der Waals surface area (Å²) in [7, 11) is 1.66. The maximum absolute atomic E-state index is 5.92. The zero-order valence-corrected chi connectivity index (χ0v) is 12.9. The van der Waals surface area contributed by atoms with Crippen molar-refractivity contribution in [1.29, 1.82) is 0 Å². The Kier molecular flexibility index (Phi) is 3.58. The van der Waals surface area contributed by atoms with E-state index < -0.39 is 0 Å². The van der Waals surface area contributed by atoms with Gasteiger partial charge in [0.25, 0.3) is 0 Å². The molecule has 0 amide bonds. The van der Waals surface area contributed by atoms with Gasteiger partial charge in [-0.3, -0.25) is 4.90 Å². The van der Waals surface area contributed by atoms with Crippen LogP contribution in [0.1, 0.15) is 37.5 Å². The predicted molar refractivity (Wildman–Crippen MR) is 82.9 cm³/mol. The van der Waals surface area contributed by atoms with Gasteiger partial charge in [-0.25, -0.2) is 0 Å². The molecule has 0 radical (unpaired) electrons. The molecule has 1 aromatic heterocycles. The van der Waals surface area contributed by atoms with Gasteiger partial charge in [0.1, 0.15) is 5.75 Å². The Morgan fingerprint density at radius 2 is 1.95 bits per heavy atom. The third kappa shape index (κ3) is 2.50. The number of aromatic nitrogens is 2. The van der Waals surface area contributed by atoms with Crippen LogP contribution in [0.3, 0.4) is 0 Å². The van der Waals surface area contributed by atoms with E-state index >= 15 is 0 Å². The minimum absolute atomic E-state index is 0.389. The predicted octanol–water partition coefficient (Wildman–Crippen LogP) is 3.09. The van der Waals surface area contributed by atoms with Crippen molar-refractivity contribution >= 4 is 0 Å². The summed E-state index contributed by atoms with van der Waals surface area (Å²) in [6, 6.07) is 8.52. The highest BCUT2D eigenvalue weighted by molar-refractivity contribution is 5.54. The first-order chi connectivity index (χ1) is 10.8. The number of nitrogens with zero attached hydrogens (tertiary/aromatic N) is 3. The monoisotopic (exact) mass is 299 g/mol. The van der Waals surface area contributed by atoms with E-state index in [9.17, 15) is 0 Å². The molecule has 116 valence electrons. The number of likely N-dealkylation sites (tertiary alicyclic amines) is 1. The average molecular weight is 299 g/mol. The highest BCUT2D eigenvalue weighted by Crippen LogP contribution is 2.34. The molecule has 1 atom stereocenters. The summed E-state index contributed by atoms with van der Waals surface area (Å²) in [5.74, 6) is 2.60. The van der Waals surface area contributed by atoms with Gasteiger partial charge in [0, 0.05) is 18.2 Å². The van der Waals surface area contributed by atoms with Crippen LogP contribution in [0, 0.1) is 0 Å². The van der Waals surface area contributed by atoms with Crippen LogP contribution in [0.5, 0.6) is 5.75 Å². The van der Waals surface area contributed by atoms with E-state index in [1.807, 2.05) is 24.3 Å². The molecule has 2 fully saturated rings. The minimum Gasteiger partial charge on any atom is -0.497 e. The molecule has 1 saturated carbocycles. The van der Waals surface area contributed by atoms with E-state index in [1.54, 1.807) is 7.11 Å².